The third kappa shape index (κ3) is 6.35. The molecule has 0 aliphatic carbocycles. The highest BCUT2D eigenvalue weighted by Gasteiger charge is 2.20. The summed E-state index contributed by atoms with van der Waals surface area (Å²) in [5.74, 6) is 0. The molecule has 1 atom stereocenters. The van der Waals surface area contributed by atoms with Gasteiger partial charge in [-0.2, -0.15) is 0 Å². The molecule has 0 fully saturated rings. The van der Waals surface area contributed by atoms with Crippen molar-refractivity contribution in [2.75, 3.05) is 26.1 Å². The van der Waals surface area contributed by atoms with Gasteiger partial charge in [-0.3, -0.25) is 0 Å². The van der Waals surface area contributed by atoms with Gasteiger partial charge in [0, 0.05) is 25.9 Å². The lowest BCUT2D eigenvalue weighted by molar-refractivity contribution is 0.0285. The van der Waals surface area contributed by atoms with Gasteiger partial charge < -0.3 is 19.7 Å². The average molecular weight is 308 g/mol. The van der Waals surface area contributed by atoms with Crippen molar-refractivity contribution in [2.45, 2.75) is 45.9 Å². The van der Waals surface area contributed by atoms with E-state index in [4.69, 9.17) is 9.47 Å². The first-order valence-electron chi connectivity index (χ1n) is 7.50. The second-order valence-corrected chi connectivity index (χ2v) is 6.49. The van der Waals surface area contributed by atoms with Gasteiger partial charge in [-0.25, -0.2) is 4.79 Å². The third-order valence-corrected chi connectivity index (χ3v) is 2.95. The van der Waals surface area contributed by atoms with Gasteiger partial charge in [-0.05, 0) is 39.3 Å². The van der Waals surface area contributed by atoms with E-state index in [9.17, 15) is 4.79 Å². The zero-order valence-electron chi connectivity index (χ0n) is 14.5. The Balaban J connectivity index is 2.74. The van der Waals surface area contributed by atoms with Crippen molar-refractivity contribution >= 4 is 11.8 Å². The fraction of sp³-hybridized carbons (Fsp3) is 0.588. The van der Waals surface area contributed by atoms with Crippen LogP contribution in [0.4, 0.5) is 10.5 Å². The average Bonchev–Trinajstić information content (AvgIpc) is 2.39. The van der Waals surface area contributed by atoms with Crippen molar-refractivity contribution in [3.05, 3.63) is 29.8 Å². The van der Waals surface area contributed by atoms with Crippen molar-refractivity contribution in [1.29, 1.82) is 0 Å². The van der Waals surface area contributed by atoms with Crippen LogP contribution in [-0.2, 0) is 16.0 Å². The van der Waals surface area contributed by atoms with Crippen LogP contribution in [0.5, 0.6) is 0 Å². The van der Waals surface area contributed by atoms with Crippen LogP contribution >= 0.6 is 0 Å². The molecule has 0 aromatic heterocycles. The number of carbonyl (C=O) groups excluding carboxylic acids is 1. The Morgan fingerprint density at radius 2 is 1.95 bits per heavy atom. The fourth-order valence-corrected chi connectivity index (χ4v) is 2.02. The van der Waals surface area contributed by atoms with E-state index in [0.29, 0.717) is 13.2 Å². The monoisotopic (exact) mass is 308 g/mol. The van der Waals surface area contributed by atoms with Crippen LogP contribution in [-0.4, -0.2) is 43.4 Å². The molecule has 1 aromatic rings. The molecule has 0 aliphatic heterocycles. The SMILES string of the molecule is COCC(C)Nc1ccccc1CN(C)C(=O)OC(C)(C)C. The Morgan fingerprint density at radius 1 is 1.32 bits per heavy atom. The number of methoxy groups -OCH3 is 1. The molecule has 5 heteroatoms. The van der Waals surface area contributed by atoms with Gasteiger partial charge >= 0.3 is 6.09 Å². The van der Waals surface area contributed by atoms with Gasteiger partial charge in [-0.15, -0.1) is 0 Å². The first-order valence-corrected chi connectivity index (χ1v) is 7.50. The van der Waals surface area contributed by atoms with Crippen molar-refractivity contribution in [3.8, 4) is 0 Å². The molecule has 0 saturated carbocycles. The summed E-state index contributed by atoms with van der Waals surface area (Å²) >= 11 is 0. The Hall–Kier alpha value is -1.75. The fourth-order valence-electron chi connectivity index (χ4n) is 2.02. The molecule has 124 valence electrons. The number of rotatable bonds is 6. The summed E-state index contributed by atoms with van der Waals surface area (Å²) in [6.07, 6.45) is -0.327. The molecule has 0 heterocycles. The molecule has 22 heavy (non-hydrogen) atoms. The number of carbonyl (C=O) groups is 1. The number of para-hydroxylation sites is 1. The van der Waals surface area contributed by atoms with Crippen LogP contribution < -0.4 is 5.32 Å². The molecule has 1 N–H and O–H groups in total. The zero-order chi connectivity index (χ0) is 16.8. The van der Waals surface area contributed by atoms with E-state index in [1.165, 1.54) is 0 Å². The van der Waals surface area contributed by atoms with Crippen LogP contribution in [0.25, 0.3) is 0 Å². The van der Waals surface area contributed by atoms with Crippen molar-refractivity contribution in [1.82, 2.24) is 4.90 Å². The minimum absolute atomic E-state index is 0.193. The van der Waals surface area contributed by atoms with E-state index >= 15 is 0 Å². The number of nitrogens with zero attached hydrogens (tertiary/aromatic N) is 1. The van der Waals surface area contributed by atoms with Gasteiger partial charge in [0.25, 0.3) is 0 Å². The van der Waals surface area contributed by atoms with E-state index in [1.807, 2.05) is 45.0 Å². The van der Waals surface area contributed by atoms with Gasteiger partial charge in [0.15, 0.2) is 0 Å². The molecule has 0 bridgehead atoms. The summed E-state index contributed by atoms with van der Waals surface area (Å²) in [4.78, 5) is 13.6. The Kier molecular flexibility index (Phi) is 6.68. The van der Waals surface area contributed by atoms with E-state index in [1.54, 1.807) is 19.1 Å². The third-order valence-electron chi connectivity index (χ3n) is 2.95. The highest BCUT2D eigenvalue weighted by atomic mass is 16.6. The van der Waals surface area contributed by atoms with Gasteiger partial charge in [0.2, 0.25) is 0 Å². The highest BCUT2D eigenvalue weighted by Crippen LogP contribution is 2.19. The molecule has 0 radical (unpaired) electrons. The lowest BCUT2D eigenvalue weighted by Crippen LogP contribution is -2.34. The summed E-state index contributed by atoms with van der Waals surface area (Å²) in [5.41, 5.74) is 1.55. The normalized spacial score (nSPS) is 12.6. The minimum Gasteiger partial charge on any atom is -0.444 e. The minimum atomic E-state index is -0.490. The van der Waals surface area contributed by atoms with Crippen LogP contribution in [0.1, 0.15) is 33.3 Å². The predicted molar refractivity (Wildman–Crippen MR) is 89.1 cm³/mol. The van der Waals surface area contributed by atoms with Crippen molar-refractivity contribution in [2.24, 2.45) is 0 Å². The lowest BCUT2D eigenvalue weighted by Gasteiger charge is -2.25. The topological polar surface area (TPSA) is 50.8 Å². The summed E-state index contributed by atoms with van der Waals surface area (Å²) in [7, 11) is 3.42. The largest absolute Gasteiger partial charge is 0.444 e. The van der Waals surface area contributed by atoms with Gasteiger partial charge in [0.1, 0.15) is 5.60 Å². The smallest absolute Gasteiger partial charge is 0.410 e. The number of benzene rings is 1. The molecule has 1 unspecified atom stereocenters. The first-order chi connectivity index (χ1) is 10.2. The Morgan fingerprint density at radius 3 is 2.55 bits per heavy atom. The maximum atomic E-state index is 12.1. The van der Waals surface area contributed by atoms with Crippen LogP contribution in [0, 0.1) is 0 Å². The summed E-state index contributed by atoms with van der Waals surface area (Å²) < 4.78 is 10.5. The summed E-state index contributed by atoms with van der Waals surface area (Å²) in [5, 5.41) is 3.40. The Bertz CT molecular complexity index is 483. The second kappa shape index (κ2) is 8.03. The summed E-state index contributed by atoms with van der Waals surface area (Å²) in [6, 6.07) is 8.13. The molecule has 1 amide bonds. The number of nitrogens with one attached hydrogen (secondary N) is 1. The first kappa shape index (κ1) is 18.3. The standard InChI is InChI=1S/C17H28N2O3/c1-13(12-21-6)18-15-10-8-7-9-14(15)11-19(5)16(20)22-17(2,3)4/h7-10,13,18H,11-12H2,1-6H3. The summed E-state index contributed by atoms with van der Waals surface area (Å²) in [6.45, 7) is 8.74. The van der Waals surface area contributed by atoms with Gasteiger partial charge in [-0.1, -0.05) is 18.2 Å². The van der Waals surface area contributed by atoms with Crippen molar-refractivity contribution in [3.63, 3.8) is 0 Å². The molecule has 0 saturated heterocycles. The van der Waals surface area contributed by atoms with Crippen LogP contribution in [0.15, 0.2) is 24.3 Å². The molecule has 1 aromatic carbocycles. The number of hydrogen-bond acceptors (Lipinski definition) is 4. The number of amides is 1. The molecule has 0 aliphatic rings. The highest BCUT2D eigenvalue weighted by molar-refractivity contribution is 5.68. The zero-order valence-corrected chi connectivity index (χ0v) is 14.5. The van der Waals surface area contributed by atoms with E-state index in [0.717, 1.165) is 11.3 Å². The molecular weight excluding hydrogens is 280 g/mol. The maximum Gasteiger partial charge on any atom is 0.410 e. The quantitative estimate of drug-likeness (QED) is 0.874. The number of ether oxygens (including phenoxy) is 2. The van der Waals surface area contributed by atoms with Gasteiger partial charge in [0.05, 0.1) is 13.2 Å². The predicted octanol–water partition coefficient (Wildman–Crippen LogP) is 3.50. The lowest BCUT2D eigenvalue weighted by atomic mass is 10.1. The van der Waals surface area contributed by atoms with E-state index in [2.05, 4.69) is 12.2 Å². The molecule has 1 rings (SSSR count). The van der Waals surface area contributed by atoms with Crippen LogP contribution in [0.3, 0.4) is 0 Å². The molecule has 0 spiro atoms. The maximum absolute atomic E-state index is 12.1. The van der Waals surface area contributed by atoms with Crippen molar-refractivity contribution < 1.29 is 14.3 Å². The van der Waals surface area contributed by atoms with E-state index in [-0.39, 0.29) is 12.1 Å². The van der Waals surface area contributed by atoms with Crippen LogP contribution in [0.2, 0.25) is 0 Å². The number of hydrogen-bond donors (Lipinski definition) is 1. The van der Waals surface area contributed by atoms with E-state index < -0.39 is 5.60 Å². The Labute approximate surface area is 133 Å². The molecule has 5 nitrogen and oxygen atoms in total. The number of anilines is 1. The molecular formula is C17H28N2O3. The second-order valence-electron chi connectivity index (χ2n) is 6.49.